The summed E-state index contributed by atoms with van der Waals surface area (Å²) < 4.78 is 35.5. The van der Waals surface area contributed by atoms with Crippen molar-refractivity contribution in [3.05, 3.63) is 54.1 Å². The highest BCUT2D eigenvalue weighted by molar-refractivity contribution is 7.18. The molecule has 0 aliphatic carbocycles. The van der Waals surface area contributed by atoms with Crippen LogP contribution < -0.4 is 15.4 Å². The van der Waals surface area contributed by atoms with Crippen molar-refractivity contribution in [2.45, 2.75) is 6.61 Å². The minimum Gasteiger partial charge on any atom is -0.433 e. The van der Waals surface area contributed by atoms with Crippen LogP contribution in [0.4, 0.5) is 19.6 Å². The van der Waals surface area contributed by atoms with Crippen LogP contribution in [0.15, 0.2) is 48.5 Å². The number of nitrogens with one attached hydrogen (secondary N) is 2. The van der Waals surface area contributed by atoms with Gasteiger partial charge in [0.25, 0.3) is 5.91 Å². The smallest absolute Gasteiger partial charge is 0.387 e. The summed E-state index contributed by atoms with van der Waals surface area (Å²) in [7, 11) is 0. The number of aromatic nitrogens is 2. The third-order valence-electron chi connectivity index (χ3n) is 4.87. The number of ether oxygens (including phenoxy) is 2. The number of morpholine rings is 1. The van der Waals surface area contributed by atoms with Gasteiger partial charge in [-0.25, -0.2) is 0 Å². The first-order valence-electron chi connectivity index (χ1n) is 10.4. The minimum absolute atomic E-state index is 0.0338. The monoisotopic (exact) mass is 489 g/mol. The zero-order valence-electron chi connectivity index (χ0n) is 17.9. The van der Waals surface area contributed by atoms with E-state index in [1.54, 1.807) is 0 Å². The molecule has 1 aliphatic heterocycles. The third-order valence-corrected chi connectivity index (χ3v) is 5.76. The maximum atomic E-state index is 12.8. The van der Waals surface area contributed by atoms with E-state index in [-0.39, 0.29) is 28.7 Å². The van der Waals surface area contributed by atoms with E-state index in [1.807, 2.05) is 35.2 Å². The highest BCUT2D eigenvalue weighted by Gasteiger charge is 2.19. The quantitative estimate of drug-likeness (QED) is 0.500. The number of rotatable bonds is 8. The molecule has 2 amide bonds. The summed E-state index contributed by atoms with van der Waals surface area (Å²) in [5.74, 6) is -1.21. The Morgan fingerprint density at radius 2 is 1.85 bits per heavy atom. The van der Waals surface area contributed by atoms with Crippen molar-refractivity contribution in [1.29, 1.82) is 0 Å². The van der Waals surface area contributed by atoms with Gasteiger partial charge in [0.05, 0.1) is 25.4 Å². The number of alkyl halides is 2. The Labute approximate surface area is 197 Å². The molecular formula is C22H21F2N5O4S. The van der Waals surface area contributed by atoms with Gasteiger partial charge in [-0.2, -0.15) is 8.78 Å². The molecule has 0 saturated carbocycles. The topological polar surface area (TPSA) is 106 Å². The van der Waals surface area contributed by atoms with Gasteiger partial charge in [-0.3, -0.25) is 19.8 Å². The molecule has 1 aliphatic rings. The molecule has 0 atom stereocenters. The van der Waals surface area contributed by atoms with E-state index in [1.165, 1.54) is 29.5 Å². The molecule has 34 heavy (non-hydrogen) atoms. The maximum Gasteiger partial charge on any atom is 0.387 e. The lowest BCUT2D eigenvalue weighted by Crippen LogP contribution is -2.41. The fourth-order valence-corrected chi connectivity index (χ4v) is 4.00. The lowest BCUT2D eigenvalue weighted by molar-refractivity contribution is -0.118. The Morgan fingerprint density at radius 1 is 1.09 bits per heavy atom. The molecule has 178 valence electrons. The summed E-state index contributed by atoms with van der Waals surface area (Å²) in [5, 5.41) is 14.2. The molecule has 0 unspecified atom stereocenters. The van der Waals surface area contributed by atoms with Crippen molar-refractivity contribution in [2.75, 3.05) is 43.5 Å². The van der Waals surface area contributed by atoms with E-state index < -0.39 is 18.4 Å². The Bertz CT molecular complexity index is 1140. The summed E-state index contributed by atoms with van der Waals surface area (Å²) >= 11 is 1.19. The Balaban J connectivity index is 1.47. The molecule has 2 aromatic carbocycles. The highest BCUT2D eigenvalue weighted by atomic mass is 32.1. The van der Waals surface area contributed by atoms with E-state index in [0.717, 1.165) is 5.56 Å². The van der Waals surface area contributed by atoms with Gasteiger partial charge in [-0.15, -0.1) is 10.2 Å². The fourth-order valence-electron chi connectivity index (χ4n) is 3.26. The first-order valence-corrected chi connectivity index (χ1v) is 11.2. The molecule has 0 spiro atoms. The number of anilines is 2. The van der Waals surface area contributed by atoms with Gasteiger partial charge in [-0.1, -0.05) is 41.7 Å². The van der Waals surface area contributed by atoms with Crippen molar-refractivity contribution in [3.63, 3.8) is 0 Å². The number of hydrogen-bond acceptors (Lipinski definition) is 8. The first-order chi connectivity index (χ1) is 16.5. The van der Waals surface area contributed by atoms with Crippen molar-refractivity contribution in [1.82, 2.24) is 15.1 Å². The predicted molar refractivity (Wildman–Crippen MR) is 122 cm³/mol. The average Bonchev–Trinajstić information content (AvgIpc) is 3.29. The van der Waals surface area contributed by atoms with Gasteiger partial charge in [0, 0.05) is 24.2 Å². The minimum atomic E-state index is -3.09. The van der Waals surface area contributed by atoms with Crippen LogP contribution >= 0.6 is 11.3 Å². The number of carbonyl (C=O) groups excluding carboxylic acids is 2. The maximum absolute atomic E-state index is 12.8. The van der Waals surface area contributed by atoms with Crippen molar-refractivity contribution < 1.29 is 27.8 Å². The second-order valence-electron chi connectivity index (χ2n) is 7.26. The standard InChI is InChI=1S/C22H21F2N5O4S/c23-21(24)33-17-7-6-15(12-16(17)25-18(30)13-29-8-10-32-11-9-29)19(31)26-22-28-27-20(34-22)14-4-2-1-3-5-14/h1-7,12,21H,8-11,13H2,(H,25,30)(H,26,28,31). The first kappa shape index (κ1) is 23.7. The molecular weight excluding hydrogens is 468 g/mol. The number of amides is 2. The van der Waals surface area contributed by atoms with Crippen molar-refractivity contribution in [2.24, 2.45) is 0 Å². The Hall–Kier alpha value is -3.48. The Kier molecular flexibility index (Phi) is 7.72. The van der Waals surface area contributed by atoms with E-state index in [2.05, 4.69) is 25.6 Å². The van der Waals surface area contributed by atoms with E-state index >= 15 is 0 Å². The molecule has 3 aromatic rings. The third kappa shape index (κ3) is 6.31. The summed E-state index contributed by atoms with van der Waals surface area (Å²) in [6.07, 6.45) is 0. The highest BCUT2D eigenvalue weighted by Crippen LogP contribution is 2.29. The number of hydrogen-bond donors (Lipinski definition) is 2. The molecule has 0 bridgehead atoms. The summed E-state index contributed by atoms with van der Waals surface area (Å²) in [5.41, 5.74) is 0.951. The van der Waals surface area contributed by atoms with Gasteiger partial charge in [-0.05, 0) is 18.2 Å². The molecule has 4 rings (SSSR count). The number of nitrogens with zero attached hydrogens (tertiary/aromatic N) is 3. The van der Waals surface area contributed by atoms with Gasteiger partial charge in [0.1, 0.15) is 10.8 Å². The second kappa shape index (κ2) is 11.1. The number of carbonyl (C=O) groups is 2. The largest absolute Gasteiger partial charge is 0.433 e. The van der Waals surface area contributed by atoms with E-state index in [9.17, 15) is 18.4 Å². The van der Waals surface area contributed by atoms with Crippen LogP contribution in [0.5, 0.6) is 5.75 Å². The molecule has 2 heterocycles. The van der Waals surface area contributed by atoms with Crippen LogP contribution in [0.1, 0.15) is 10.4 Å². The van der Waals surface area contributed by atoms with Crippen LogP contribution in [0.25, 0.3) is 10.6 Å². The normalized spacial score (nSPS) is 14.1. The molecule has 1 aromatic heterocycles. The molecule has 1 fully saturated rings. The molecule has 12 heteroatoms. The van der Waals surface area contributed by atoms with Gasteiger partial charge in [0.15, 0.2) is 0 Å². The van der Waals surface area contributed by atoms with Crippen LogP contribution in [-0.4, -0.2) is 66.4 Å². The lowest BCUT2D eigenvalue weighted by atomic mass is 10.1. The van der Waals surface area contributed by atoms with Crippen LogP contribution in [0.2, 0.25) is 0 Å². The number of halogens is 2. The summed E-state index contributed by atoms with van der Waals surface area (Å²) in [6, 6.07) is 13.2. The van der Waals surface area contributed by atoms with Crippen LogP contribution in [0.3, 0.4) is 0 Å². The van der Waals surface area contributed by atoms with E-state index in [0.29, 0.717) is 31.3 Å². The number of benzene rings is 2. The van der Waals surface area contributed by atoms with Gasteiger partial charge in [0.2, 0.25) is 11.0 Å². The van der Waals surface area contributed by atoms with E-state index in [4.69, 9.17) is 4.74 Å². The summed E-state index contributed by atoms with van der Waals surface area (Å²) in [4.78, 5) is 27.1. The predicted octanol–water partition coefficient (Wildman–Crippen LogP) is 3.33. The Morgan fingerprint density at radius 3 is 2.59 bits per heavy atom. The van der Waals surface area contributed by atoms with Gasteiger partial charge >= 0.3 is 6.61 Å². The SMILES string of the molecule is O=C(CN1CCOCC1)Nc1cc(C(=O)Nc2nnc(-c3ccccc3)s2)ccc1OC(F)F. The molecule has 9 nitrogen and oxygen atoms in total. The van der Waals surface area contributed by atoms with Crippen molar-refractivity contribution in [3.8, 4) is 16.3 Å². The average molecular weight is 490 g/mol. The fraction of sp³-hybridized carbons (Fsp3) is 0.273. The molecule has 1 saturated heterocycles. The van der Waals surface area contributed by atoms with Crippen LogP contribution in [-0.2, 0) is 9.53 Å². The lowest BCUT2D eigenvalue weighted by Gasteiger charge is -2.26. The van der Waals surface area contributed by atoms with Crippen LogP contribution in [0, 0.1) is 0 Å². The zero-order valence-corrected chi connectivity index (χ0v) is 18.7. The molecule has 0 radical (unpaired) electrons. The summed E-state index contributed by atoms with van der Waals surface area (Å²) in [6.45, 7) is -0.833. The van der Waals surface area contributed by atoms with Gasteiger partial charge < -0.3 is 14.8 Å². The second-order valence-corrected chi connectivity index (χ2v) is 8.24. The zero-order chi connectivity index (χ0) is 23.9. The molecule has 2 N–H and O–H groups in total. The van der Waals surface area contributed by atoms with Crippen molar-refractivity contribution >= 4 is 34.0 Å².